The Morgan fingerprint density at radius 3 is 1.45 bits per heavy atom. The summed E-state index contributed by atoms with van der Waals surface area (Å²) in [7, 11) is 6.84. The second-order valence-electron chi connectivity index (χ2n) is 4.43. The zero-order valence-corrected chi connectivity index (χ0v) is 9.02. The molecule has 11 heavy (non-hydrogen) atoms. The van der Waals surface area contributed by atoms with Gasteiger partial charge in [0.15, 0.2) is 0 Å². The highest BCUT2D eigenvalue weighted by Gasteiger charge is 2.25. The molecule has 0 aliphatic heterocycles. The van der Waals surface area contributed by atoms with Crippen LogP contribution in [0.5, 0.6) is 0 Å². The van der Waals surface area contributed by atoms with Crippen molar-refractivity contribution < 1.29 is 4.48 Å². The van der Waals surface area contributed by atoms with Crippen molar-refractivity contribution in [2.75, 3.05) is 21.1 Å². The first-order chi connectivity index (χ1) is 4.93. The minimum absolute atomic E-state index is 0.782. The molecule has 0 amide bonds. The molecule has 1 nitrogen and oxygen atoms in total. The second-order valence-corrected chi connectivity index (χ2v) is 4.43. The van der Waals surface area contributed by atoms with Crippen LogP contribution in [0.15, 0.2) is 0 Å². The molecule has 1 unspecified atom stereocenters. The van der Waals surface area contributed by atoms with E-state index in [2.05, 4.69) is 41.9 Å². The van der Waals surface area contributed by atoms with E-state index in [1.807, 2.05) is 0 Å². The Morgan fingerprint density at radius 2 is 1.36 bits per heavy atom. The zero-order chi connectivity index (χ0) is 9.07. The lowest BCUT2D eigenvalue weighted by Gasteiger charge is -2.36. The van der Waals surface area contributed by atoms with Gasteiger partial charge >= 0.3 is 0 Å². The fourth-order valence-corrected chi connectivity index (χ4v) is 1.60. The topological polar surface area (TPSA) is 0 Å². The quantitative estimate of drug-likeness (QED) is 0.552. The fraction of sp³-hybridized carbons (Fsp3) is 1.00. The van der Waals surface area contributed by atoms with E-state index >= 15 is 0 Å². The van der Waals surface area contributed by atoms with Gasteiger partial charge in [-0.05, 0) is 19.8 Å². The van der Waals surface area contributed by atoms with Crippen LogP contribution >= 0.6 is 0 Å². The molecule has 0 aromatic carbocycles. The monoisotopic (exact) mass is 158 g/mol. The summed E-state index contributed by atoms with van der Waals surface area (Å²) in [5, 5.41) is 0. The van der Waals surface area contributed by atoms with Gasteiger partial charge in [0.1, 0.15) is 0 Å². The molecule has 0 fully saturated rings. The summed E-state index contributed by atoms with van der Waals surface area (Å²) in [4.78, 5) is 0. The molecule has 0 aliphatic rings. The third-order valence-electron chi connectivity index (χ3n) is 2.95. The van der Waals surface area contributed by atoms with E-state index in [0.29, 0.717) is 0 Å². The number of rotatable bonds is 4. The molecule has 1 heteroatoms. The van der Waals surface area contributed by atoms with Crippen LogP contribution in [0.1, 0.15) is 33.6 Å². The SMILES string of the molecule is CCC(CC)C(C)[N+](C)(C)C. The normalized spacial score (nSPS) is 15.5. The highest BCUT2D eigenvalue weighted by Crippen LogP contribution is 2.19. The van der Waals surface area contributed by atoms with Crippen LogP contribution in [0.25, 0.3) is 0 Å². The standard InChI is InChI=1S/C10H24N/c1-7-10(8-2)9(3)11(4,5)6/h9-10H,7-8H2,1-6H3/q+1. The Balaban J connectivity index is 4.09. The lowest BCUT2D eigenvalue weighted by atomic mass is 9.94. The van der Waals surface area contributed by atoms with Crippen molar-refractivity contribution in [3.05, 3.63) is 0 Å². The van der Waals surface area contributed by atoms with Crippen LogP contribution in [-0.2, 0) is 0 Å². The van der Waals surface area contributed by atoms with Crippen LogP contribution in [-0.4, -0.2) is 31.7 Å². The van der Waals surface area contributed by atoms with Crippen LogP contribution in [0.4, 0.5) is 0 Å². The van der Waals surface area contributed by atoms with E-state index in [0.717, 1.165) is 16.4 Å². The fourth-order valence-electron chi connectivity index (χ4n) is 1.60. The Bertz CT molecular complexity index is 97.9. The van der Waals surface area contributed by atoms with Crippen LogP contribution in [0, 0.1) is 5.92 Å². The summed E-state index contributed by atoms with van der Waals surface area (Å²) in [6.07, 6.45) is 2.63. The van der Waals surface area contributed by atoms with E-state index in [1.54, 1.807) is 0 Å². The molecule has 68 valence electrons. The van der Waals surface area contributed by atoms with Gasteiger partial charge < -0.3 is 4.48 Å². The molecular formula is C10H24N+. The molecule has 0 aromatic rings. The van der Waals surface area contributed by atoms with E-state index in [-0.39, 0.29) is 0 Å². The van der Waals surface area contributed by atoms with E-state index in [9.17, 15) is 0 Å². The van der Waals surface area contributed by atoms with Gasteiger partial charge in [0.05, 0.1) is 27.2 Å². The first-order valence-corrected chi connectivity index (χ1v) is 4.74. The average Bonchev–Trinajstić information content (AvgIpc) is 1.88. The Labute approximate surface area is 72.0 Å². The molecule has 0 radical (unpaired) electrons. The minimum Gasteiger partial charge on any atom is -0.328 e. The maximum atomic E-state index is 2.36. The highest BCUT2D eigenvalue weighted by atomic mass is 15.3. The number of quaternary nitrogens is 1. The van der Waals surface area contributed by atoms with Crippen molar-refractivity contribution >= 4 is 0 Å². The molecule has 0 rings (SSSR count). The van der Waals surface area contributed by atoms with Crippen molar-refractivity contribution in [1.29, 1.82) is 0 Å². The van der Waals surface area contributed by atoms with Crippen LogP contribution in [0.3, 0.4) is 0 Å². The second kappa shape index (κ2) is 4.10. The predicted octanol–water partition coefficient (Wildman–Crippen LogP) is 2.52. The van der Waals surface area contributed by atoms with Gasteiger partial charge in [0.25, 0.3) is 0 Å². The summed E-state index contributed by atoms with van der Waals surface area (Å²) in [6.45, 7) is 6.94. The third kappa shape index (κ3) is 3.24. The third-order valence-corrected chi connectivity index (χ3v) is 2.95. The Morgan fingerprint density at radius 1 is 1.00 bits per heavy atom. The first-order valence-electron chi connectivity index (χ1n) is 4.74. The number of nitrogens with zero attached hydrogens (tertiary/aromatic N) is 1. The van der Waals surface area contributed by atoms with Crippen molar-refractivity contribution in [1.82, 2.24) is 0 Å². The zero-order valence-electron chi connectivity index (χ0n) is 9.02. The summed E-state index contributed by atoms with van der Waals surface area (Å²) in [6, 6.07) is 0.782. The smallest absolute Gasteiger partial charge is 0.0883 e. The Kier molecular flexibility index (Phi) is 4.09. The molecule has 0 saturated carbocycles. The molecule has 1 atom stereocenters. The molecule has 0 bridgehead atoms. The van der Waals surface area contributed by atoms with Crippen LogP contribution < -0.4 is 0 Å². The maximum Gasteiger partial charge on any atom is 0.0883 e. The molecular weight excluding hydrogens is 134 g/mol. The van der Waals surface area contributed by atoms with Gasteiger partial charge in [0, 0.05) is 5.92 Å². The van der Waals surface area contributed by atoms with E-state index in [4.69, 9.17) is 0 Å². The summed E-state index contributed by atoms with van der Waals surface area (Å²) < 4.78 is 1.09. The molecule has 0 N–H and O–H groups in total. The summed E-state index contributed by atoms with van der Waals surface area (Å²) in [5.74, 6) is 0.884. The molecule has 0 heterocycles. The van der Waals surface area contributed by atoms with Crippen molar-refractivity contribution in [2.24, 2.45) is 5.92 Å². The van der Waals surface area contributed by atoms with Crippen molar-refractivity contribution in [3.8, 4) is 0 Å². The highest BCUT2D eigenvalue weighted by molar-refractivity contribution is 4.62. The first kappa shape index (κ1) is 11.0. The molecule has 0 spiro atoms. The van der Waals surface area contributed by atoms with Gasteiger partial charge in [0.2, 0.25) is 0 Å². The maximum absolute atomic E-state index is 2.36. The van der Waals surface area contributed by atoms with Crippen molar-refractivity contribution in [3.63, 3.8) is 0 Å². The van der Waals surface area contributed by atoms with E-state index < -0.39 is 0 Å². The lowest BCUT2D eigenvalue weighted by molar-refractivity contribution is -0.898. The van der Waals surface area contributed by atoms with Crippen molar-refractivity contribution in [2.45, 2.75) is 39.7 Å². The summed E-state index contributed by atoms with van der Waals surface area (Å²) >= 11 is 0. The van der Waals surface area contributed by atoms with Gasteiger partial charge in [-0.25, -0.2) is 0 Å². The largest absolute Gasteiger partial charge is 0.328 e. The van der Waals surface area contributed by atoms with E-state index in [1.165, 1.54) is 12.8 Å². The molecule has 0 saturated heterocycles. The Hall–Kier alpha value is -0.0400. The van der Waals surface area contributed by atoms with Gasteiger partial charge in [-0.15, -0.1) is 0 Å². The average molecular weight is 158 g/mol. The van der Waals surface area contributed by atoms with Gasteiger partial charge in [-0.3, -0.25) is 0 Å². The summed E-state index contributed by atoms with van der Waals surface area (Å²) in [5.41, 5.74) is 0. The lowest BCUT2D eigenvalue weighted by Crippen LogP contribution is -2.47. The minimum atomic E-state index is 0.782. The molecule has 0 aliphatic carbocycles. The van der Waals surface area contributed by atoms with Gasteiger partial charge in [-0.1, -0.05) is 13.8 Å². The number of hydrogen-bond donors (Lipinski definition) is 0. The molecule has 0 aromatic heterocycles. The van der Waals surface area contributed by atoms with Crippen LogP contribution in [0.2, 0.25) is 0 Å². The van der Waals surface area contributed by atoms with Gasteiger partial charge in [-0.2, -0.15) is 0 Å². The predicted molar refractivity (Wildman–Crippen MR) is 51.6 cm³/mol. The number of hydrogen-bond acceptors (Lipinski definition) is 0.